The fraction of sp³-hybridized carbons (Fsp3) is 0.550. The third kappa shape index (κ3) is 4.22. The maximum Gasteiger partial charge on any atom is 0.138 e. The number of likely N-dealkylation sites (tertiary alicyclic amines) is 1. The summed E-state index contributed by atoms with van der Waals surface area (Å²) in [5, 5.41) is 0.665. The molecule has 1 unspecified atom stereocenters. The van der Waals surface area contributed by atoms with Crippen molar-refractivity contribution in [3.63, 3.8) is 0 Å². The third-order valence-corrected chi connectivity index (χ3v) is 5.81. The second-order valence-corrected chi connectivity index (χ2v) is 7.87. The van der Waals surface area contributed by atoms with E-state index in [1.165, 1.54) is 5.56 Å². The molecule has 142 valence electrons. The first kappa shape index (κ1) is 19.2. The lowest BCUT2D eigenvalue weighted by atomic mass is 9.74. The van der Waals surface area contributed by atoms with Gasteiger partial charge in [-0.15, -0.1) is 0 Å². The van der Waals surface area contributed by atoms with Gasteiger partial charge in [0.2, 0.25) is 0 Å². The van der Waals surface area contributed by atoms with Gasteiger partial charge < -0.3 is 16.2 Å². The number of ether oxygens (including phenoxy) is 1. The molecule has 1 aromatic rings. The Morgan fingerprint density at radius 1 is 1.35 bits per heavy atom. The Morgan fingerprint density at radius 2 is 2.08 bits per heavy atom. The molecule has 2 aliphatic rings. The molecule has 0 radical (unpaired) electrons. The highest BCUT2D eigenvalue weighted by atomic mass is 35.5. The van der Waals surface area contributed by atoms with Crippen LogP contribution < -0.4 is 16.2 Å². The second kappa shape index (κ2) is 7.99. The molecule has 2 heterocycles. The first-order valence-corrected chi connectivity index (χ1v) is 9.72. The number of rotatable bonds is 5. The molecular weight excluding hydrogens is 348 g/mol. The number of halogens is 1. The van der Waals surface area contributed by atoms with Crippen LogP contribution in [0.1, 0.15) is 38.7 Å². The van der Waals surface area contributed by atoms with Gasteiger partial charge in [0.15, 0.2) is 0 Å². The SMILES string of the molecule is CCOc1cc(CN2CCC(C3(N)C=NC(N)=C(C)C3)CC2)ccc1Cl. The van der Waals surface area contributed by atoms with Crippen molar-refractivity contribution in [1.29, 1.82) is 0 Å². The van der Waals surface area contributed by atoms with Crippen LogP contribution in [0.3, 0.4) is 0 Å². The van der Waals surface area contributed by atoms with Crippen LogP contribution in [0.25, 0.3) is 0 Å². The molecule has 1 fully saturated rings. The zero-order valence-corrected chi connectivity index (χ0v) is 16.4. The summed E-state index contributed by atoms with van der Waals surface area (Å²) in [5.74, 6) is 1.83. The third-order valence-electron chi connectivity index (χ3n) is 5.50. The van der Waals surface area contributed by atoms with E-state index in [4.69, 9.17) is 27.8 Å². The zero-order valence-electron chi connectivity index (χ0n) is 15.7. The van der Waals surface area contributed by atoms with Crippen molar-refractivity contribution in [2.45, 2.75) is 45.2 Å². The van der Waals surface area contributed by atoms with E-state index < -0.39 is 0 Å². The van der Waals surface area contributed by atoms with Gasteiger partial charge in [-0.3, -0.25) is 4.90 Å². The largest absolute Gasteiger partial charge is 0.492 e. The molecule has 5 nitrogen and oxygen atoms in total. The van der Waals surface area contributed by atoms with Crippen molar-refractivity contribution in [1.82, 2.24) is 4.90 Å². The lowest BCUT2D eigenvalue weighted by Crippen LogP contribution is -2.53. The molecular formula is C20H29ClN4O. The van der Waals surface area contributed by atoms with Crippen molar-refractivity contribution in [2.24, 2.45) is 22.4 Å². The number of aliphatic imine (C=N–C) groups is 1. The minimum atomic E-state index is -0.360. The summed E-state index contributed by atoms with van der Waals surface area (Å²) in [6.45, 7) is 7.58. The maximum atomic E-state index is 6.67. The standard InChI is InChI=1S/C20H29ClN4O/c1-3-26-18-10-15(4-5-17(18)21)12-25-8-6-16(7-9-25)20(23)11-14(2)19(22)24-13-20/h4-5,10,13,16H,3,6-9,11-12,22-23H2,1-2H3. The van der Waals surface area contributed by atoms with E-state index in [2.05, 4.69) is 16.0 Å². The van der Waals surface area contributed by atoms with Crippen LogP contribution in [0.15, 0.2) is 34.6 Å². The summed E-state index contributed by atoms with van der Waals surface area (Å²) >= 11 is 6.18. The average molecular weight is 377 g/mol. The molecule has 3 rings (SSSR count). The van der Waals surface area contributed by atoms with E-state index >= 15 is 0 Å². The summed E-state index contributed by atoms with van der Waals surface area (Å²) in [7, 11) is 0. The molecule has 0 bridgehead atoms. The van der Waals surface area contributed by atoms with Gasteiger partial charge in [-0.05, 0) is 75.4 Å². The maximum absolute atomic E-state index is 6.67. The van der Waals surface area contributed by atoms with Crippen LogP contribution in [-0.4, -0.2) is 36.3 Å². The van der Waals surface area contributed by atoms with E-state index in [0.29, 0.717) is 23.4 Å². The van der Waals surface area contributed by atoms with Gasteiger partial charge >= 0.3 is 0 Å². The van der Waals surface area contributed by atoms with Crippen LogP contribution in [0.2, 0.25) is 5.02 Å². The minimum absolute atomic E-state index is 0.360. The Morgan fingerprint density at radius 3 is 2.73 bits per heavy atom. The number of hydrogen-bond acceptors (Lipinski definition) is 5. The summed E-state index contributed by atoms with van der Waals surface area (Å²) in [6.07, 6.45) is 4.83. The molecule has 4 N–H and O–H groups in total. The molecule has 0 saturated carbocycles. The monoisotopic (exact) mass is 376 g/mol. The van der Waals surface area contributed by atoms with Crippen LogP contribution >= 0.6 is 11.6 Å². The summed E-state index contributed by atoms with van der Waals surface area (Å²) < 4.78 is 5.60. The average Bonchev–Trinajstić information content (AvgIpc) is 2.62. The van der Waals surface area contributed by atoms with Gasteiger partial charge in [0.05, 0.1) is 17.2 Å². The number of nitrogens with two attached hydrogens (primary N) is 2. The first-order valence-electron chi connectivity index (χ1n) is 9.34. The van der Waals surface area contributed by atoms with Crippen molar-refractivity contribution < 1.29 is 4.74 Å². The highest BCUT2D eigenvalue weighted by Gasteiger charge is 2.37. The van der Waals surface area contributed by atoms with Crippen LogP contribution in [0, 0.1) is 5.92 Å². The number of nitrogens with zero attached hydrogens (tertiary/aromatic N) is 2. The predicted octanol–water partition coefficient (Wildman–Crippen LogP) is 3.31. The lowest BCUT2D eigenvalue weighted by Gasteiger charge is -2.42. The topological polar surface area (TPSA) is 76.9 Å². The van der Waals surface area contributed by atoms with Crippen molar-refractivity contribution >= 4 is 17.8 Å². The second-order valence-electron chi connectivity index (χ2n) is 7.46. The van der Waals surface area contributed by atoms with Crippen LogP contribution in [0.4, 0.5) is 0 Å². The highest BCUT2D eigenvalue weighted by molar-refractivity contribution is 6.32. The first-order chi connectivity index (χ1) is 12.4. The normalized spacial score (nSPS) is 24.9. The number of hydrogen-bond donors (Lipinski definition) is 2. The molecule has 0 amide bonds. The highest BCUT2D eigenvalue weighted by Crippen LogP contribution is 2.34. The molecule has 0 aromatic heterocycles. The summed E-state index contributed by atoms with van der Waals surface area (Å²) in [5.41, 5.74) is 14.5. The lowest BCUT2D eigenvalue weighted by molar-refractivity contribution is 0.148. The molecule has 1 atom stereocenters. The van der Waals surface area contributed by atoms with Crippen molar-refractivity contribution in [2.75, 3.05) is 19.7 Å². The van der Waals surface area contributed by atoms with E-state index in [1.807, 2.05) is 32.2 Å². The van der Waals surface area contributed by atoms with Gasteiger partial charge in [0.1, 0.15) is 11.6 Å². The molecule has 0 aliphatic carbocycles. The summed E-state index contributed by atoms with van der Waals surface area (Å²) in [6, 6.07) is 6.04. The molecule has 2 aliphatic heterocycles. The molecule has 26 heavy (non-hydrogen) atoms. The fourth-order valence-electron chi connectivity index (χ4n) is 3.94. The molecule has 1 saturated heterocycles. The smallest absolute Gasteiger partial charge is 0.138 e. The van der Waals surface area contributed by atoms with Crippen LogP contribution in [-0.2, 0) is 6.54 Å². The molecule has 1 aromatic carbocycles. The fourth-order valence-corrected chi connectivity index (χ4v) is 4.12. The zero-order chi connectivity index (χ0) is 18.7. The predicted molar refractivity (Wildman–Crippen MR) is 108 cm³/mol. The van der Waals surface area contributed by atoms with E-state index in [0.717, 1.165) is 50.2 Å². The molecule has 0 spiro atoms. The molecule has 6 heteroatoms. The van der Waals surface area contributed by atoms with Crippen molar-refractivity contribution in [3.05, 3.63) is 40.2 Å². The Bertz CT molecular complexity index is 710. The van der Waals surface area contributed by atoms with Crippen molar-refractivity contribution in [3.8, 4) is 5.75 Å². The Labute approximate surface area is 161 Å². The summed E-state index contributed by atoms with van der Waals surface area (Å²) in [4.78, 5) is 6.80. The van der Waals surface area contributed by atoms with Gasteiger partial charge in [0.25, 0.3) is 0 Å². The Kier molecular flexibility index (Phi) is 5.90. The number of benzene rings is 1. The van der Waals surface area contributed by atoms with Gasteiger partial charge in [-0.25, -0.2) is 4.99 Å². The van der Waals surface area contributed by atoms with Gasteiger partial charge in [0, 0.05) is 12.8 Å². The van der Waals surface area contributed by atoms with E-state index in [1.54, 1.807) is 0 Å². The van der Waals surface area contributed by atoms with E-state index in [-0.39, 0.29) is 5.54 Å². The Hall–Kier alpha value is -1.56. The van der Waals surface area contributed by atoms with Gasteiger partial charge in [-0.1, -0.05) is 17.7 Å². The Balaban J connectivity index is 1.58. The van der Waals surface area contributed by atoms with Gasteiger partial charge in [-0.2, -0.15) is 0 Å². The quantitative estimate of drug-likeness (QED) is 0.826. The van der Waals surface area contributed by atoms with E-state index in [9.17, 15) is 0 Å². The number of piperidine rings is 1. The van der Waals surface area contributed by atoms with Crippen LogP contribution in [0.5, 0.6) is 5.75 Å². The minimum Gasteiger partial charge on any atom is -0.492 e.